The summed E-state index contributed by atoms with van der Waals surface area (Å²) in [5.74, 6) is -1.69. The number of hydrogen-bond acceptors (Lipinski definition) is 4. The Kier molecular flexibility index (Phi) is 5.05. The number of aliphatic carboxylic acids is 1. The largest absolute Gasteiger partial charge is 0.481 e. The predicted molar refractivity (Wildman–Crippen MR) is 74.3 cm³/mol. The highest BCUT2D eigenvalue weighted by molar-refractivity contribution is 7.09. The Morgan fingerprint density at radius 2 is 2.11 bits per heavy atom. The quantitative estimate of drug-likeness (QED) is 0.864. The molecule has 0 saturated heterocycles. The van der Waals surface area contributed by atoms with E-state index in [4.69, 9.17) is 5.11 Å². The number of carboxylic acid groups (broad SMARTS) is 1. The fourth-order valence-electron chi connectivity index (χ4n) is 1.31. The van der Waals surface area contributed by atoms with Crippen LogP contribution < -0.4 is 5.32 Å². The molecule has 0 aromatic carbocycles. The van der Waals surface area contributed by atoms with E-state index >= 15 is 0 Å². The molecule has 2 N–H and O–H groups in total. The maximum absolute atomic E-state index is 11.7. The van der Waals surface area contributed by atoms with Crippen LogP contribution in [0.1, 0.15) is 38.4 Å². The number of thiazole rings is 1. The first kappa shape index (κ1) is 15.6. The SMILES string of the molecule is C[C@@H](CNC(=O)Cc1csc(C(C)(C)C)n1)C(=O)O. The molecule has 0 bridgehead atoms. The Morgan fingerprint density at radius 1 is 1.47 bits per heavy atom. The lowest BCUT2D eigenvalue weighted by Gasteiger charge is -2.13. The Labute approximate surface area is 117 Å². The molecule has 1 atom stereocenters. The molecule has 1 aromatic rings. The molecule has 0 aliphatic rings. The highest BCUT2D eigenvalue weighted by Crippen LogP contribution is 2.25. The third-order valence-corrected chi connectivity index (χ3v) is 3.88. The van der Waals surface area contributed by atoms with Gasteiger partial charge in [-0.05, 0) is 0 Å². The number of carbonyl (C=O) groups is 2. The van der Waals surface area contributed by atoms with Crippen LogP contribution in [0.2, 0.25) is 0 Å². The van der Waals surface area contributed by atoms with Crippen LogP contribution in [0.15, 0.2) is 5.38 Å². The van der Waals surface area contributed by atoms with Crippen LogP contribution in [0.5, 0.6) is 0 Å². The van der Waals surface area contributed by atoms with Crippen LogP contribution in [-0.2, 0) is 21.4 Å². The van der Waals surface area contributed by atoms with Gasteiger partial charge in [0, 0.05) is 17.3 Å². The van der Waals surface area contributed by atoms with Gasteiger partial charge in [0.05, 0.1) is 23.0 Å². The topological polar surface area (TPSA) is 79.3 Å². The number of carboxylic acids is 1. The van der Waals surface area contributed by atoms with E-state index in [1.165, 1.54) is 0 Å². The molecule has 0 unspecified atom stereocenters. The molecule has 19 heavy (non-hydrogen) atoms. The number of carbonyl (C=O) groups excluding carboxylic acids is 1. The van der Waals surface area contributed by atoms with Gasteiger partial charge in [0.25, 0.3) is 0 Å². The first-order chi connectivity index (χ1) is 8.70. The summed E-state index contributed by atoms with van der Waals surface area (Å²) in [6, 6.07) is 0. The highest BCUT2D eigenvalue weighted by Gasteiger charge is 2.19. The summed E-state index contributed by atoms with van der Waals surface area (Å²) in [5.41, 5.74) is 0.715. The van der Waals surface area contributed by atoms with Crippen LogP contribution in [-0.4, -0.2) is 28.5 Å². The van der Waals surface area contributed by atoms with Crippen molar-refractivity contribution < 1.29 is 14.7 Å². The molecule has 1 aromatic heterocycles. The lowest BCUT2D eigenvalue weighted by molar-refractivity contribution is -0.141. The van der Waals surface area contributed by atoms with Gasteiger partial charge in [0.15, 0.2) is 0 Å². The van der Waals surface area contributed by atoms with Crippen LogP contribution in [0, 0.1) is 5.92 Å². The fraction of sp³-hybridized carbons (Fsp3) is 0.615. The van der Waals surface area contributed by atoms with Crippen molar-refractivity contribution in [1.82, 2.24) is 10.3 Å². The summed E-state index contributed by atoms with van der Waals surface area (Å²) in [6.07, 6.45) is 0.193. The fourth-order valence-corrected chi connectivity index (χ4v) is 2.22. The molecule has 106 valence electrons. The maximum atomic E-state index is 11.7. The van der Waals surface area contributed by atoms with Gasteiger partial charge in [-0.3, -0.25) is 9.59 Å². The summed E-state index contributed by atoms with van der Waals surface area (Å²) in [5, 5.41) is 14.2. The van der Waals surface area contributed by atoms with Crippen molar-refractivity contribution in [3.63, 3.8) is 0 Å². The predicted octanol–water partition coefficient (Wildman–Crippen LogP) is 1.82. The van der Waals surface area contributed by atoms with Crippen molar-refractivity contribution in [3.05, 3.63) is 16.1 Å². The third-order valence-electron chi connectivity index (χ3n) is 2.56. The number of amides is 1. The van der Waals surface area contributed by atoms with Gasteiger partial charge in [-0.15, -0.1) is 11.3 Å². The number of nitrogens with one attached hydrogen (secondary N) is 1. The Bertz CT molecular complexity index is 463. The molecule has 1 amide bonds. The second kappa shape index (κ2) is 6.14. The van der Waals surface area contributed by atoms with E-state index in [9.17, 15) is 9.59 Å². The summed E-state index contributed by atoms with van der Waals surface area (Å²) in [7, 11) is 0. The van der Waals surface area contributed by atoms with E-state index < -0.39 is 11.9 Å². The third kappa shape index (κ3) is 4.98. The van der Waals surface area contributed by atoms with Crippen LogP contribution >= 0.6 is 11.3 Å². The van der Waals surface area contributed by atoms with Gasteiger partial charge in [-0.25, -0.2) is 4.98 Å². The van der Waals surface area contributed by atoms with Gasteiger partial charge in [0.1, 0.15) is 0 Å². The molecule has 0 fully saturated rings. The Hall–Kier alpha value is -1.43. The molecular weight excluding hydrogens is 264 g/mol. The minimum Gasteiger partial charge on any atom is -0.481 e. The van der Waals surface area contributed by atoms with Gasteiger partial charge < -0.3 is 10.4 Å². The lowest BCUT2D eigenvalue weighted by atomic mass is 9.98. The average molecular weight is 284 g/mol. The second-order valence-electron chi connectivity index (χ2n) is 5.61. The van der Waals surface area contributed by atoms with Gasteiger partial charge >= 0.3 is 5.97 Å². The van der Waals surface area contributed by atoms with Crippen LogP contribution in [0.3, 0.4) is 0 Å². The van der Waals surface area contributed by atoms with E-state index in [0.29, 0.717) is 0 Å². The Morgan fingerprint density at radius 3 is 2.58 bits per heavy atom. The molecule has 5 nitrogen and oxygen atoms in total. The zero-order valence-corrected chi connectivity index (χ0v) is 12.5. The van der Waals surface area contributed by atoms with Crippen LogP contribution in [0.4, 0.5) is 0 Å². The monoisotopic (exact) mass is 284 g/mol. The Balaban J connectivity index is 2.49. The van der Waals surface area contributed by atoms with E-state index in [0.717, 1.165) is 10.7 Å². The molecule has 0 aliphatic heterocycles. The minimum absolute atomic E-state index is 0.0167. The van der Waals surface area contributed by atoms with Crippen molar-refractivity contribution in [2.75, 3.05) is 6.54 Å². The first-order valence-corrected chi connectivity index (χ1v) is 7.02. The van der Waals surface area contributed by atoms with Gasteiger partial charge in [-0.1, -0.05) is 27.7 Å². The zero-order chi connectivity index (χ0) is 14.6. The zero-order valence-electron chi connectivity index (χ0n) is 11.7. The van der Waals surface area contributed by atoms with Crippen molar-refractivity contribution in [2.24, 2.45) is 5.92 Å². The van der Waals surface area contributed by atoms with Gasteiger partial charge in [0.2, 0.25) is 5.91 Å². The number of hydrogen-bond donors (Lipinski definition) is 2. The van der Waals surface area contributed by atoms with E-state index in [1.54, 1.807) is 18.3 Å². The van der Waals surface area contributed by atoms with Gasteiger partial charge in [-0.2, -0.15) is 0 Å². The molecule has 1 heterocycles. The van der Waals surface area contributed by atoms with Crippen molar-refractivity contribution in [1.29, 1.82) is 0 Å². The van der Waals surface area contributed by atoms with Crippen molar-refractivity contribution in [3.8, 4) is 0 Å². The average Bonchev–Trinajstić information content (AvgIpc) is 2.73. The maximum Gasteiger partial charge on any atom is 0.308 e. The van der Waals surface area contributed by atoms with E-state index in [2.05, 4.69) is 31.1 Å². The lowest BCUT2D eigenvalue weighted by Crippen LogP contribution is -2.32. The molecule has 0 radical (unpaired) electrons. The number of rotatable bonds is 5. The summed E-state index contributed by atoms with van der Waals surface area (Å²) < 4.78 is 0. The number of aromatic nitrogens is 1. The molecule has 0 spiro atoms. The van der Waals surface area contributed by atoms with Crippen molar-refractivity contribution >= 4 is 23.2 Å². The van der Waals surface area contributed by atoms with E-state index in [1.807, 2.05) is 5.38 Å². The highest BCUT2D eigenvalue weighted by atomic mass is 32.1. The van der Waals surface area contributed by atoms with Crippen LogP contribution in [0.25, 0.3) is 0 Å². The molecule has 0 saturated carbocycles. The molecular formula is C13H20N2O3S. The summed E-state index contributed by atoms with van der Waals surface area (Å²) >= 11 is 1.54. The molecule has 1 rings (SSSR count). The molecule has 6 heteroatoms. The normalized spacial score (nSPS) is 13.1. The second-order valence-corrected chi connectivity index (χ2v) is 6.47. The standard InChI is InChI=1S/C13H20N2O3S/c1-8(11(17)18)6-14-10(16)5-9-7-19-12(15-9)13(2,3)4/h7-8H,5-6H2,1-4H3,(H,14,16)(H,17,18)/t8-/m0/s1. The number of nitrogens with zero attached hydrogens (tertiary/aromatic N) is 1. The molecule has 0 aliphatic carbocycles. The van der Waals surface area contributed by atoms with Crippen molar-refractivity contribution in [2.45, 2.75) is 39.5 Å². The minimum atomic E-state index is -0.913. The first-order valence-electron chi connectivity index (χ1n) is 6.14. The smallest absolute Gasteiger partial charge is 0.308 e. The van der Waals surface area contributed by atoms with E-state index in [-0.39, 0.29) is 24.3 Å². The summed E-state index contributed by atoms with van der Waals surface area (Å²) in [6.45, 7) is 7.92. The summed E-state index contributed by atoms with van der Waals surface area (Å²) in [4.78, 5) is 26.7.